The lowest BCUT2D eigenvalue weighted by Crippen LogP contribution is -2.46. The fourth-order valence-electron chi connectivity index (χ4n) is 2.71. The van der Waals surface area contributed by atoms with Crippen LogP contribution in [0.15, 0.2) is 36.7 Å². The second-order valence-corrected chi connectivity index (χ2v) is 6.12. The van der Waals surface area contributed by atoms with E-state index in [1.54, 1.807) is 29.2 Å². The van der Waals surface area contributed by atoms with Crippen molar-refractivity contribution >= 4 is 35.5 Å². The Morgan fingerprint density at radius 3 is 2.26 bits per heavy atom. The highest BCUT2D eigenvalue weighted by Crippen LogP contribution is 2.16. The smallest absolute Gasteiger partial charge is 0.258 e. The van der Waals surface area contributed by atoms with Crippen LogP contribution in [0, 0.1) is 0 Å². The largest absolute Gasteiger partial charge is 0.342 e. The predicted molar refractivity (Wildman–Crippen MR) is 101 cm³/mol. The van der Waals surface area contributed by atoms with Gasteiger partial charge in [-0.25, -0.2) is 9.97 Å². The predicted octanol–water partition coefficient (Wildman–Crippen LogP) is 0.966. The lowest BCUT2D eigenvalue weighted by molar-refractivity contribution is -0.118. The monoisotopic (exact) mass is 368 g/mol. The van der Waals surface area contributed by atoms with Crippen LogP contribution < -0.4 is 15.5 Å². The van der Waals surface area contributed by atoms with Gasteiger partial charge in [0, 0.05) is 56.9 Å². The van der Waals surface area contributed by atoms with Crippen molar-refractivity contribution in [3.8, 4) is 0 Å². The summed E-state index contributed by atoms with van der Waals surface area (Å²) in [5.41, 5.74) is 1.48. The summed E-state index contributed by atoms with van der Waals surface area (Å²) in [6.07, 6.45) is 3.79. The Bertz CT molecular complexity index is 831. The van der Waals surface area contributed by atoms with Gasteiger partial charge in [-0.05, 0) is 18.2 Å². The molecule has 1 fully saturated rings. The summed E-state index contributed by atoms with van der Waals surface area (Å²) in [7, 11) is 0. The molecular weight excluding hydrogens is 348 g/mol. The summed E-state index contributed by atoms with van der Waals surface area (Å²) in [6.45, 7) is 3.98. The topological polar surface area (TPSA) is 108 Å². The number of aromatic nitrogens is 2. The zero-order valence-electron chi connectivity index (χ0n) is 14.9. The molecule has 0 unspecified atom stereocenters. The van der Waals surface area contributed by atoms with Crippen molar-refractivity contribution in [3.05, 3.63) is 42.2 Å². The molecule has 0 radical (unpaired) electrons. The van der Waals surface area contributed by atoms with Crippen molar-refractivity contribution in [2.24, 2.45) is 0 Å². The van der Waals surface area contributed by atoms with Crippen molar-refractivity contribution < 1.29 is 14.4 Å². The molecule has 1 aromatic heterocycles. The molecule has 0 aliphatic carbocycles. The molecule has 2 aromatic rings. The second kappa shape index (κ2) is 8.26. The fraction of sp³-hybridized carbons (Fsp3) is 0.278. The zero-order chi connectivity index (χ0) is 19.2. The molecule has 0 bridgehead atoms. The molecule has 3 rings (SSSR count). The molecule has 27 heavy (non-hydrogen) atoms. The van der Waals surface area contributed by atoms with Gasteiger partial charge >= 0.3 is 0 Å². The average molecular weight is 368 g/mol. The quantitative estimate of drug-likeness (QED) is 0.762. The molecular formula is C18H20N6O3. The number of amides is 3. The summed E-state index contributed by atoms with van der Waals surface area (Å²) in [5, 5.41) is 5.42. The molecule has 0 saturated carbocycles. The van der Waals surface area contributed by atoms with Gasteiger partial charge < -0.3 is 20.4 Å². The minimum Gasteiger partial charge on any atom is -0.342 e. The zero-order valence-corrected chi connectivity index (χ0v) is 14.9. The number of nitrogens with one attached hydrogen (secondary N) is 2. The fourth-order valence-corrected chi connectivity index (χ4v) is 2.71. The first-order valence-corrected chi connectivity index (χ1v) is 8.50. The van der Waals surface area contributed by atoms with Crippen LogP contribution in [0.5, 0.6) is 0 Å². The first-order valence-electron chi connectivity index (χ1n) is 8.50. The van der Waals surface area contributed by atoms with Crippen molar-refractivity contribution in [3.63, 3.8) is 0 Å². The highest BCUT2D eigenvalue weighted by Gasteiger charge is 2.18. The summed E-state index contributed by atoms with van der Waals surface area (Å²) in [4.78, 5) is 46.5. The van der Waals surface area contributed by atoms with Gasteiger partial charge in [0.25, 0.3) is 5.91 Å². The summed E-state index contributed by atoms with van der Waals surface area (Å²) < 4.78 is 0. The standard InChI is InChI=1S/C18H20N6O3/c1-13(26)21-15-3-2-4-16(9-15)22-17(27)14-10-19-18(20-11-14)24-7-5-23(12-25)6-8-24/h2-4,9-12H,5-8H2,1H3,(H,21,26)(H,22,27). The molecule has 0 atom stereocenters. The van der Waals surface area contributed by atoms with Crippen molar-refractivity contribution in [1.82, 2.24) is 14.9 Å². The van der Waals surface area contributed by atoms with Gasteiger partial charge in [-0.1, -0.05) is 6.07 Å². The molecule has 9 heteroatoms. The summed E-state index contributed by atoms with van der Waals surface area (Å²) in [6, 6.07) is 6.87. The summed E-state index contributed by atoms with van der Waals surface area (Å²) in [5.74, 6) is 0.00787. The maximum atomic E-state index is 12.4. The molecule has 2 heterocycles. The van der Waals surface area contributed by atoms with E-state index in [4.69, 9.17) is 0 Å². The third kappa shape index (κ3) is 4.78. The molecule has 1 aliphatic heterocycles. The van der Waals surface area contributed by atoms with Gasteiger partial charge in [-0.15, -0.1) is 0 Å². The van der Waals surface area contributed by atoms with Crippen LogP contribution in [0.2, 0.25) is 0 Å². The highest BCUT2D eigenvalue weighted by molar-refractivity contribution is 6.04. The lowest BCUT2D eigenvalue weighted by atomic mass is 10.2. The summed E-state index contributed by atoms with van der Waals surface area (Å²) >= 11 is 0. The average Bonchev–Trinajstić information content (AvgIpc) is 2.68. The number of hydrogen-bond donors (Lipinski definition) is 2. The first kappa shape index (κ1) is 18.3. The Labute approximate surface area is 156 Å². The minimum atomic E-state index is -0.340. The normalized spacial score (nSPS) is 13.8. The van der Waals surface area contributed by atoms with E-state index in [9.17, 15) is 14.4 Å². The van der Waals surface area contributed by atoms with E-state index in [1.165, 1.54) is 19.3 Å². The third-order valence-electron chi connectivity index (χ3n) is 4.09. The van der Waals surface area contributed by atoms with Crippen molar-refractivity contribution in [2.75, 3.05) is 41.7 Å². The maximum absolute atomic E-state index is 12.4. The number of rotatable bonds is 5. The first-order chi connectivity index (χ1) is 13.0. The van der Waals surface area contributed by atoms with Crippen LogP contribution in [0.25, 0.3) is 0 Å². The van der Waals surface area contributed by atoms with E-state index in [1.807, 2.05) is 4.90 Å². The number of carbonyl (C=O) groups excluding carboxylic acids is 3. The van der Waals surface area contributed by atoms with Gasteiger partial charge in [0.1, 0.15) is 0 Å². The van der Waals surface area contributed by atoms with Crippen molar-refractivity contribution in [2.45, 2.75) is 6.92 Å². The van der Waals surface area contributed by atoms with Crippen molar-refractivity contribution in [1.29, 1.82) is 0 Å². The molecule has 9 nitrogen and oxygen atoms in total. The van der Waals surface area contributed by atoms with Gasteiger partial charge in [-0.2, -0.15) is 0 Å². The van der Waals surface area contributed by atoms with E-state index in [0.29, 0.717) is 49.1 Å². The number of benzene rings is 1. The molecule has 1 aliphatic rings. The highest BCUT2D eigenvalue weighted by atomic mass is 16.2. The molecule has 3 amide bonds. The van der Waals surface area contributed by atoms with E-state index < -0.39 is 0 Å². The lowest BCUT2D eigenvalue weighted by Gasteiger charge is -2.32. The number of nitrogens with zero attached hydrogens (tertiary/aromatic N) is 4. The van der Waals surface area contributed by atoms with Crippen LogP contribution in [0.3, 0.4) is 0 Å². The third-order valence-corrected chi connectivity index (χ3v) is 4.09. The van der Waals surface area contributed by atoms with Gasteiger partial charge in [0.15, 0.2) is 0 Å². The maximum Gasteiger partial charge on any atom is 0.258 e. The van der Waals surface area contributed by atoms with Crippen LogP contribution in [0.4, 0.5) is 17.3 Å². The molecule has 0 spiro atoms. The van der Waals surface area contributed by atoms with E-state index in [2.05, 4.69) is 20.6 Å². The number of hydrogen-bond acceptors (Lipinski definition) is 6. The Hall–Kier alpha value is -3.49. The minimum absolute atomic E-state index is 0.184. The number of piperazine rings is 1. The number of carbonyl (C=O) groups is 3. The molecule has 140 valence electrons. The number of anilines is 3. The van der Waals surface area contributed by atoms with Gasteiger partial charge in [0.05, 0.1) is 5.56 Å². The van der Waals surface area contributed by atoms with E-state index >= 15 is 0 Å². The molecule has 1 aromatic carbocycles. The Balaban J connectivity index is 1.62. The van der Waals surface area contributed by atoms with Crippen LogP contribution >= 0.6 is 0 Å². The van der Waals surface area contributed by atoms with E-state index in [-0.39, 0.29) is 11.8 Å². The van der Waals surface area contributed by atoms with Crippen LogP contribution in [0.1, 0.15) is 17.3 Å². The Kier molecular flexibility index (Phi) is 5.60. The van der Waals surface area contributed by atoms with Gasteiger partial charge in [-0.3, -0.25) is 14.4 Å². The van der Waals surface area contributed by atoms with E-state index in [0.717, 1.165) is 6.41 Å². The SMILES string of the molecule is CC(=O)Nc1cccc(NC(=O)c2cnc(N3CCN(C=O)CC3)nc2)c1. The molecule has 2 N–H and O–H groups in total. The van der Waals surface area contributed by atoms with Crippen LogP contribution in [-0.4, -0.2) is 59.3 Å². The Morgan fingerprint density at radius 1 is 1.04 bits per heavy atom. The molecule has 1 saturated heterocycles. The second-order valence-electron chi connectivity index (χ2n) is 6.12. The Morgan fingerprint density at radius 2 is 1.67 bits per heavy atom. The van der Waals surface area contributed by atoms with Gasteiger partial charge in [0.2, 0.25) is 18.3 Å². The van der Waals surface area contributed by atoms with Crippen LogP contribution in [-0.2, 0) is 9.59 Å².